The van der Waals surface area contributed by atoms with Crippen molar-refractivity contribution in [2.75, 3.05) is 4.90 Å². The molecule has 0 radical (unpaired) electrons. The molecule has 0 saturated heterocycles. The molecule has 2 heterocycles. The van der Waals surface area contributed by atoms with Crippen molar-refractivity contribution in [3.8, 4) is 11.5 Å². The van der Waals surface area contributed by atoms with Gasteiger partial charge in [0.15, 0.2) is 0 Å². The number of hydrogen-bond acceptors (Lipinski definition) is 2. The van der Waals surface area contributed by atoms with Gasteiger partial charge in [-0.05, 0) is 131 Å². The number of fused-ring (bicyclic) bond motifs is 4. The van der Waals surface area contributed by atoms with E-state index in [1.54, 1.807) is 0 Å². The van der Waals surface area contributed by atoms with Crippen molar-refractivity contribution in [3.05, 3.63) is 179 Å². The van der Waals surface area contributed by atoms with Crippen molar-refractivity contribution in [2.45, 2.75) is 92.7 Å². The maximum atomic E-state index is 7.24. The van der Waals surface area contributed by atoms with Gasteiger partial charge in [-0.2, -0.15) is 0 Å². The van der Waals surface area contributed by atoms with Crippen LogP contribution in [0.15, 0.2) is 171 Å². The van der Waals surface area contributed by atoms with E-state index in [0.717, 1.165) is 17.2 Å². The standard InChI is InChI=1S/C53H52BNOS/c1-34(2)39-32-42(35(3)4)52(43(33-39)36(5)6)54-44-22-15-16-25-49(44)56-53-45(54)23-17-24-48(53)55-46-28-26-37(7)30-50(46)57(40-18-11-9-12-19-40,41-20-13-10-14-21-41)51-31-38(8)27-29-47(51)55/h9-36H,1-8H3. The van der Waals surface area contributed by atoms with Crippen molar-refractivity contribution in [3.63, 3.8) is 0 Å². The molecule has 57 heavy (non-hydrogen) atoms. The van der Waals surface area contributed by atoms with Gasteiger partial charge in [-0.1, -0.05) is 138 Å². The van der Waals surface area contributed by atoms with Crippen LogP contribution in [0.25, 0.3) is 0 Å². The van der Waals surface area contributed by atoms with Crippen LogP contribution < -0.4 is 26.0 Å². The maximum absolute atomic E-state index is 7.24. The monoisotopic (exact) mass is 761 g/mol. The van der Waals surface area contributed by atoms with E-state index in [0.29, 0.717) is 17.8 Å². The van der Waals surface area contributed by atoms with Crippen molar-refractivity contribution in [2.24, 2.45) is 0 Å². The predicted molar refractivity (Wildman–Crippen MR) is 244 cm³/mol. The number of nitrogens with zero attached hydrogens (tertiary/aromatic N) is 1. The summed E-state index contributed by atoms with van der Waals surface area (Å²) in [7, 11) is -1.91. The van der Waals surface area contributed by atoms with Gasteiger partial charge in [0.05, 0.1) is 17.1 Å². The molecule has 0 unspecified atom stereocenters. The summed E-state index contributed by atoms with van der Waals surface area (Å²) in [6.45, 7) is 18.5. The summed E-state index contributed by atoms with van der Waals surface area (Å²) in [5.41, 5.74) is 14.1. The first kappa shape index (κ1) is 37.2. The summed E-state index contributed by atoms with van der Waals surface area (Å²) in [5.74, 6) is 3.02. The van der Waals surface area contributed by atoms with Crippen molar-refractivity contribution in [1.29, 1.82) is 0 Å². The largest absolute Gasteiger partial charge is 0.456 e. The van der Waals surface area contributed by atoms with Crippen LogP contribution in [0.4, 0.5) is 17.1 Å². The van der Waals surface area contributed by atoms with Gasteiger partial charge in [-0.25, -0.2) is 0 Å². The van der Waals surface area contributed by atoms with Crippen LogP contribution in [-0.4, -0.2) is 6.71 Å². The lowest BCUT2D eigenvalue weighted by molar-refractivity contribution is 0.488. The maximum Gasteiger partial charge on any atom is 0.251 e. The molecule has 284 valence electrons. The second kappa shape index (κ2) is 14.5. The van der Waals surface area contributed by atoms with Crippen LogP contribution in [0.2, 0.25) is 0 Å². The van der Waals surface area contributed by atoms with Gasteiger partial charge < -0.3 is 9.64 Å². The lowest BCUT2D eigenvalue weighted by Crippen LogP contribution is -2.57. The lowest BCUT2D eigenvalue weighted by atomic mass is 9.33. The minimum Gasteiger partial charge on any atom is -0.456 e. The highest BCUT2D eigenvalue weighted by atomic mass is 32.3. The molecule has 2 nitrogen and oxygen atoms in total. The average Bonchev–Trinajstić information content (AvgIpc) is 3.22. The lowest BCUT2D eigenvalue weighted by Gasteiger charge is -2.50. The molecule has 0 aliphatic carbocycles. The normalized spacial score (nSPS) is 14.5. The number of hydrogen-bond donors (Lipinski definition) is 0. The van der Waals surface area contributed by atoms with Crippen LogP contribution in [0, 0.1) is 13.8 Å². The average molecular weight is 762 g/mol. The Morgan fingerprint density at radius 3 is 1.53 bits per heavy atom. The number of aryl methyl sites for hydroxylation is 2. The fourth-order valence-electron chi connectivity index (χ4n) is 9.31. The fraction of sp³-hybridized carbons (Fsp3) is 0.208. The molecule has 0 atom stereocenters. The first-order chi connectivity index (χ1) is 27.6. The summed E-state index contributed by atoms with van der Waals surface area (Å²) in [6.07, 6.45) is 0. The summed E-state index contributed by atoms with van der Waals surface area (Å²) >= 11 is 0. The van der Waals surface area contributed by atoms with Crippen molar-refractivity contribution < 1.29 is 4.74 Å². The van der Waals surface area contributed by atoms with E-state index >= 15 is 0 Å². The second-order valence-electron chi connectivity index (χ2n) is 16.9. The Kier molecular flexibility index (Phi) is 9.45. The van der Waals surface area contributed by atoms with E-state index in [1.807, 2.05) is 0 Å². The molecule has 0 saturated carbocycles. The van der Waals surface area contributed by atoms with E-state index in [-0.39, 0.29) is 6.71 Å². The molecule has 0 amide bonds. The molecule has 7 aromatic carbocycles. The summed E-state index contributed by atoms with van der Waals surface area (Å²) in [4.78, 5) is 7.87. The second-order valence-corrected chi connectivity index (χ2v) is 19.9. The first-order valence-corrected chi connectivity index (χ1v) is 22.2. The molecule has 0 aromatic heterocycles. The number of para-hydroxylation sites is 2. The molecular formula is C53H52BNOS. The zero-order chi connectivity index (χ0) is 39.6. The van der Waals surface area contributed by atoms with Gasteiger partial charge in [0.25, 0.3) is 6.71 Å². The third kappa shape index (κ3) is 5.95. The molecule has 9 rings (SSSR count). The number of benzene rings is 7. The van der Waals surface area contributed by atoms with E-state index < -0.39 is 10.0 Å². The van der Waals surface area contributed by atoms with Crippen molar-refractivity contribution >= 4 is 50.2 Å². The third-order valence-corrected chi connectivity index (χ3v) is 16.0. The smallest absolute Gasteiger partial charge is 0.251 e. The Balaban J connectivity index is 1.36. The number of rotatable bonds is 7. The predicted octanol–water partition coefficient (Wildman–Crippen LogP) is 13.4. The summed E-state index contributed by atoms with van der Waals surface area (Å²) < 4.78 is 7.24. The zero-order valence-corrected chi connectivity index (χ0v) is 35.3. The van der Waals surface area contributed by atoms with Crippen LogP contribution >= 0.6 is 10.0 Å². The SMILES string of the molecule is Cc1ccc2c(c1)S(c1ccccc1)(c1ccccc1)c1cc(C)ccc1N2c1cccc2c1Oc1ccccc1B2c1c(C(C)C)cc(C(C)C)cc1C(C)C. The Morgan fingerprint density at radius 2 is 1.00 bits per heavy atom. The van der Waals surface area contributed by atoms with Crippen LogP contribution in [0.3, 0.4) is 0 Å². The highest BCUT2D eigenvalue weighted by Gasteiger charge is 2.45. The van der Waals surface area contributed by atoms with E-state index in [1.165, 1.54) is 75.2 Å². The zero-order valence-electron chi connectivity index (χ0n) is 34.5. The topological polar surface area (TPSA) is 12.5 Å². The Hall–Kier alpha value is -5.45. The highest BCUT2D eigenvalue weighted by Crippen LogP contribution is 2.79. The van der Waals surface area contributed by atoms with E-state index in [2.05, 4.69) is 212 Å². The molecule has 7 aromatic rings. The van der Waals surface area contributed by atoms with Gasteiger partial charge >= 0.3 is 0 Å². The molecular weight excluding hydrogens is 709 g/mol. The quantitative estimate of drug-likeness (QED) is 0.150. The number of anilines is 3. The molecule has 2 aliphatic heterocycles. The van der Waals surface area contributed by atoms with Gasteiger partial charge in [0, 0.05) is 19.6 Å². The minimum absolute atomic E-state index is 0.0130. The third-order valence-electron chi connectivity index (χ3n) is 12.1. The molecule has 0 N–H and O–H groups in total. The van der Waals surface area contributed by atoms with Gasteiger partial charge in [-0.3, -0.25) is 0 Å². The van der Waals surface area contributed by atoms with Crippen LogP contribution in [0.1, 0.15) is 87.1 Å². The molecule has 0 bridgehead atoms. The molecule has 4 heteroatoms. The Morgan fingerprint density at radius 1 is 0.491 bits per heavy atom. The highest BCUT2D eigenvalue weighted by molar-refractivity contribution is 8.34. The molecule has 0 fully saturated rings. The summed E-state index contributed by atoms with van der Waals surface area (Å²) in [6, 6.07) is 57.2. The first-order valence-electron chi connectivity index (χ1n) is 20.6. The molecule has 2 aliphatic rings. The van der Waals surface area contributed by atoms with Gasteiger partial charge in [-0.15, -0.1) is 10.0 Å². The Labute approximate surface area is 342 Å². The molecule has 0 spiro atoms. The van der Waals surface area contributed by atoms with Crippen LogP contribution in [0.5, 0.6) is 11.5 Å². The van der Waals surface area contributed by atoms with E-state index in [4.69, 9.17) is 4.74 Å². The number of ether oxygens (including phenoxy) is 1. The van der Waals surface area contributed by atoms with E-state index in [9.17, 15) is 0 Å². The van der Waals surface area contributed by atoms with Gasteiger partial charge in [0.2, 0.25) is 0 Å². The summed E-state index contributed by atoms with van der Waals surface area (Å²) in [5, 5.41) is 0. The fourth-order valence-corrected chi connectivity index (χ4v) is 13.6. The minimum atomic E-state index is -1.91. The van der Waals surface area contributed by atoms with Crippen LogP contribution in [-0.2, 0) is 0 Å². The Bertz CT molecular complexity index is 2510. The van der Waals surface area contributed by atoms with Crippen molar-refractivity contribution in [1.82, 2.24) is 0 Å². The van der Waals surface area contributed by atoms with Gasteiger partial charge in [0.1, 0.15) is 11.5 Å².